The molecule has 2 fully saturated rings. The number of rotatable bonds is 3. The molecule has 1 unspecified atom stereocenters. The van der Waals surface area contributed by atoms with Gasteiger partial charge < -0.3 is 5.32 Å². The molecule has 2 nitrogen and oxygen atoms in total. The Balaban J connectivity index is 1.66. The van der Waals surface area contributed by atoms with Crippen LogP contribution in [0.25, 0.3) is 0 Å². The lowest BCUT2D eigenvalue weighted by molar-refractivity contribution is 0.0651. The molecule has 92 valence electrons. The van der Waals surface area contributed by atoms with Gasteiger partial charge in [-0.15, -0.1) is 0 Å². The lowest BCUT2D eigenvalue weighted by Gasteiger charge is -2.45. The summed E-state index contributed by atoms with van der Waals surface area (Å²) in [5.41, 5.74) is 1.50. The predicted octanol–water partition coefficient (Wildman–Crippen LogP) is 2.06. The van der Waals surface area contributed by atoms with Gasteiger partial charge in [-0.25, -0.2) is 0 Å². The first-order chi connectivity index (χ1) is 8.43. The lowest BCUT2D eigenvalue weighted by atomic mass is 9.93. The van der Waals surface area contributed by atoms with Gasteiger partial charge in [0.25, 0.3) is 0 Å². The molecular formula is C15H22N2. The SMILES string of the molecule is c1ccc(CC2CCCCN2C2CNC2)cc1. The van der Waals surface area contributed by atoms with Crippen molar-refractivity contribution in [3.8, 4) is 0 Å². The molecule has 2 aliphatic rings. The molecule has 0 aromatic heterocycles. The monoisotopic (exact) mass is 230 g/mol. The fourth-order valence-corrected chi connectivity index (χ4v) is 3.12. The van der Waals surface area contributed by atoms with Gasteiger partial charge in [0.15, 0.2) is 0 Å². The number of nitrogens with one attached hydrogen (secondary N) is 1. The van der Waals surface area contributed by atoms with E-state index in [1.807, 2.05) is 0 Å². The standard InChI is InChI=1S/C15H22N2/c1-2-6-13(7-3-1)10-14-8-4-5-9-17(14)15-11-16-12-15/h1-3,6-7,14-16H,4-5,8-12H2. The molecule has 1 aromatic carbocycles. The molecule has 0 spiro atoms. The molecule has 2 heteroatoms. The van der Waals surface area contributed by atoms with Crippen LogP contribution in [-0.4, -0.2) is 36.6 Å². The molecular weight excluding hydrogens is 208 g/mol. The number of piperidine rings is 1. The number of hydrogen-bond acceptors (Lipinski definition) is 2. The fourth-order valence-electron chi connectivity index (χ4n) is 3.12. The summed E-state index contributed by atoms with van der Waals surface area (Å²) in [4.78, 5) is 2.76. The summed E-state index contributed by atoms with van der Waals surface area (Å²) in [6, 6.07) is 12.6. The van der Waals surface area contributed by atoms with Crippen molar-refractivity contribution in [2.24, 2.45) is 0 Å². The second kappa shape index (κ2) is 5.19. The van der Waals surface area contributed by atoms with Crippen molar-refractivity contribution in [3.05, 3.63) is 35.9 Å². The van der Waals surface area contributed by atoms with E-state index in [0.717, 1.165) is 12.1 Å². The highest BCUT2D eigenvalue weighted by atomic mass is 15.3. The van der Waals surface area contributed by atoms with Crippen LogP contribution >= 0.6 is 0 Å². The van der Waals surface area contributed by atoms with Crippen LogP contribution in [-0.2, 0) is 6.42 Å². The minimum absolute atomic E-state index is 0.776. The highest BCUT2D eigenvalue weighted by molar-refractivity contribution is 5.16. The van der Waals surface area contributed by atoms with Crippen LogP contribution in [0, 0.1) is 0 Å². The second-order valence-corrected chi connectivity index (χ2v) is 5.39. The average molecular weight is 230 g/mol. The topological polar surface area (TPSA) is 15.3 Å². The predicted molar refractivity (Wildman–Crippen MR) is 71.1 cm³/mol. The normalized spacial score (nSPS) is 26.7. The molecule has 0 saturated carbocycles. The van der Waals surface area contributed by atoms with Gasteiger partial charge in [0.2, 0.25) is 0 Å². The van der Waals surface area contributed by atoms with E-state index < -0.39 is 0 Å². The Bertz CT molecular complexity index is 345. The highest BCUT2D eigenvalue weighted by Crippen LogP contribution is 2.24. The van der Waals surface area contributed by atoms with Crippen LogP contribution in [0.2, 0.25) is 0 Å². The largest absolute Gasteiger partial charge is 0.314 e. The number of likely N-dealkylation sites (tertiary alicyclic amines) is 1. The van der Waals surface area contributed by atoms with Crippen molar-refractivity contribution in [3.63, 3.8) is 0 Å². The second-order valence-electron chi connectivity index (χ2n) is 5.39. The van der Waals surface area contributed by atoms with Gasteiger partial charge in [-0.2, -0.15) is 0 Å². The molecule has 2 aliphatic heterocycles. The maximum Gasteiger partial charge on any atom is 0.0348 e. The van der Waals surface area contributed by atoms with Crippen molar-refractivity contribution in [1.29, 1.82) is 0 Å². The average Bonchev–Trinajstić information content (AvgIpc) is 2.31. The highest BCUT2D eigenvalue weighted by Gasteiger charge is 2.31. The van der Waals surface area contributed by atoms with Crippen molar-refractivity contribution in [2.75, 3.05) is 19.6 Å². The zero-order valence-electron chi connectivity index (χ0n) is 10.4. The summed E-state index contributed by atoms with van der Waals surface area (Å²) < 4.78 is 0. The van der Waals surface area contributed by atoms with E-state index in [0.29, 0.717) is 0 Å². The molecule has 0 radical (unpaired) electrons. The molecule has 3 rings (SSSR count). The van der Waals surface area contributed by atoms with E-state index in [9.17, 15) is 0 Å². The van der Waals surface area contributed by atoms with Crippen molar-refractivity contribution in [1.82, 2.24) is 10.2 Å². The Labute approximate surface area is 104 Å². The van der Waals surface area contributed by atoms with E-state index in [-0.39, 0.29) is 0 Å². The number of hydrogen-bond donors (Lipinski definition) is 1. The minimum Gasteiger partial charge on any atom is -0.314 e. The summed E-state index contributed by atoms with van der Waals surface area (Å²) in [5, 5.41) is 3.40. The first-order valence-electron chi connectivity index (χ1n) is 6.94. The van der Waals surface area contributed by atoms with Crippen LogP contribution in [0.1, 0.15) is 24.8 Å². The quantitative estimate of drug-likeness (QED) is 0.855. The summed E-state index contributed by atoms with van der Waals surface area (Å²) in [6.07, 6.45) is 5.42. The molecule has 1 N–H and O–H groups in total. The number of nitrogens with zero attached hydrogens (tertiary/aromatic N) is 1. The maximum absolute atomic E-state index is 3.40. The molecule has 0 aliphatic carbocycles. The van der Waals surface area contributed by atoms with Gasteiger partial charge in [-0.05, 0) is 31.4 Å². The smallest absolute Gasteiger partial charge is 0.0348 e. The summed E-state index contributed by atoms with van der Waals surface area (Å²) in [6.45, 7) is 3.71. The fraction of sp³-hybridized carbons (Fsp3) is 0.600. The molecule has 1 aromatic rings. The third-order valence-corrected chi connectivity index (χ3v) is 4.22. The van der Waals surface area contributed by atoms with Crippen LogP contribution in [0.15, 0.2) is 30.3 Å². The van der Waals surface area contributed by atoms with Gasteiger partial charge in [0.1, 0.15) is 0 Å². The Morgan fingerprint density at radius 2 is 1.94 bits per heavy atom. The summed E-state index contributed by atoms with van der Waals surface area (Å²) >= 11 is 0. The van der Waals surface area contributed by atoms with Crippen LogP contribution in [0.3, 0.4) is 0 Å². The lowest BCUT2D eigenvalue weighted by Crippen LogP contribution is -2.61. The third kappa shape index (κ3) is 2.53. The molecule has 2 saturated heterocycles. The van der Waals surface area contributed by atoms with Crippen LogP contribution in [0.5, 0.6) is 0 Å². The van der Waals surface area contributed by atoms with Crippen molar-refractivity contribution >= 4 is 0 Å². The summed E-state index contributed by atoms with van der Waals surface area (Å²) in [7, 11) is 0. The number of benzene rings is 1. The molecule has 17 heavy (non-hydrogen) atoms. The first-order valence-corrected chi connectivity index (χ1v) is 6.94. The van der Waals surface area contributed by atoms with Crippen LogP contribution < -0.4 is 5.32 Å². The molecule has 0 bridgehead atoms. The third-order valence-electron chi connectivity index (χ3n) is 4.22. The zero-order valence-corrected chi connectivity index (χ0v) is 10.4. The molecule has 0 amide bonds. The van der Waals surface area contributed by atoms with Gasteiger partial charge in [0.05, 0.1) is 0 Å². The van der Waals surface area contributed by atoms with Gasteiger partial charge in [0, 0.05) is 25.2 Å². The van der Waals surface area contributed by atoms with Gasteiger partial charge in [-0.3, -0.25) is 4.90 Å². The van der Waals surface area contributed by atoms with Gasteiger partial charge in [-0.1, -0.05) is 36.8 Å². The minimum atomic E-state index is 0.776. The van der Waals surface area contributed by atoms with E-state index in [2.05, 4.69) is 40.5 Å². The summed E-state index contributed by atoms with van der Waals surface area (Å²) in [5.74, 6) is 0. The Hall–Kier alpha value is -0.860. The zero-order chi connectivity index (χ0) is 11.5. The van der Waals surface area contributed by atoms with Gasteiger partial charge >= 0.3 is 0 Å². The van der Waals surface area contributed by atoms with Crippen molar-refractivity contribution < 1.29 is 0 Å². The van der Waals surface area contributed by atoms with E-state index in [1.165, 1.54) is 50.9 Å². The first kappa shape index (κ1) is 11.2. The molecule has 2 heterocycles. The van der Waals surface area contributed by atoms with Crippen molar-refractivity contribution in [2.45, 2.75) is 37.8 Å². The van der Waals surface area contributed by atoms with E-state index in [4.69, 9.17) is 0 Å². The molecule has 1 atom stereocenters. The van der Waals surface area contributed by atoms with Crippen LogP contribution in [0.4, 0.5) is 0 Å². The van der Waals surface area contributed by atoms with E-state index >= 15 is 0 Å². The Morgan fingerprint density at radius 3 is 2.65 bits per heavy atom. The maximum atomic E-state index is 3.40. The Morgan fingerprint density at radius 1 is 1.12 bits per heavy atom. The van der Waals surface area contributed by atoms with E-state index in [1.54, 1.807) is 0 Å². The Kier molecular flexibility index (Phi) is 3.44.